The van der Waals surface area contributed by atoms with Gasteiger partial charge >= 0.3 is 0 Å². The molecule has 0 unspecified atom stereocenters. The van der Waals surface area contributed by atoms with E-state index in [0.717, 1.165) is 6.07 Å². The lowest BCUT2D eigenvalue weighted by molar-refractivity contribution is -0.385. The van der Waals surface area contributed by atoms with Crippen molar-refractivity contribution in [1.29, 1.82) is 0 Å². The highest BCUT2D eigenvalue weighted by Gasteiger charge is 2.21. The molecule has 0 amide bonds. The molecule has 0 atom stereocenters. The summed E-state index contributed by atoms with van der Waals surface area (Å²) in [6, 6.07) is 3.29. The van der Waals surface area contributed by atoms with Crippen LogP contribution in [-0.2, 0) is 4.74 Å². The molecule has 20 heavy (non-hydrogen) atoms. The first-order chi connectivity index (χ1) is 9.51. The van der Waals surface area contributed by atoms with Gasteiger partial charge in [0.25, 0.3) is 12.1 Å². The van der Waals surface area contributed by atoms with Gasteiger partial charge in [-0.15, -0.1) is 0 Å². The second kappa shape index (κ2) is 7.71. The van der Waals surface area contributed by atoms with E-state index in [0.29, 0.717) is 13.2 Å². The number of nitrogens with zero attached hydrogens (tertiary/aromatic N) is 2. The number of aliphatic hydroxyl groups is 1. The Morgan fingerprint density at radius 2 is 2.15 bits per heavy atom. The van der Waals surface area contributed by atoms with Gasteiger partial charge < -0.3 is 14.7 Å². The Hall–Kier alpha value is -1.80. The predicted octanol–water partition coefficient (Wildman–Crippen LogP) is 1.98. The molecule has 0 saturated carbocycles. The van der Waals surface area contributed by atoms with Gasteiger partial charge in [-0.2, -0.15) is 0 Å². The minimum Gasteiger partial charge on any atom is -0.395 e. The number of alkyl halides is 2. The maximum atomic E-state index is 13.1. The molecule has 112 valence electrons. The highest BCUT2D eigenvalue weighted by Crippen LogP contribution is 2.33. The number of aliphatic hydroxyl groups excluding tert-OH is 1. The first-order valence-corrected chi connectivity index (χ1v) is 5.92. The zero-order valence-corrected chi connectivity index (χ0v) is 11.0. The minimum atomic E-state index is -2.84. The highest BCUT2D eigenvalue weighted by molar-refractivity contribution is 5.58. The lowest BCUT2D eigenvalue weighted by atomic mass is 10.1. The number of hydrogen-bond donors (Lipinski definition) is 1. The van der Waals surface area contributed by atoms with Crippen LogP contribution in [0.1, 0.15) is 12.0 Å². The molecular weight excluding hydrogens is 274 g/mol. The third kappa shape index (κ3) is 4.10. The molecule has 0 aliphatic rings. The van der Waals surface area contributed by atoms with Crippen LogP contribution in [0.15, 0.2) is 18.2 Å². The Balaban J connectivity index is 3.15. The van der Waals surface area contributed by atoms with Crippen LogP contribution in [0.5, 0.6) is 0 Å². The van der Waals surface area contributed by atoms with Crippen LogP contribution in [-0.4, -0.2) is 43.4 Å². The number of nitro benzene ring substituents is 1. The standard InChI is InChI=1S/C12H16F2N2O4/c1-20-7-5-15(4-6-17)11-3-2-9(16(18)19)8-10(11)12(13)14/h2-3,8,12,17H,4-7H2,1H3. The molecule has 0 bridgehead atoms. The summed E-state index contributed by atoms with van der Waals surface area (Å²) in [5.41, 5.74) is -0.653. The fraction of sp³-hybridized carbons (Fsp3) is 0.500. The molecule has 0 fully saturated rings. The molecule has 1 aromatic rings. The Kier molecular flexibility index (Phi) is 6.26. The van der Waals surface area contributed by atoms with Crippen molar-refractivity contribution in [3.8, 4) is 0 Å². The van der Waals surface area contributed by atoms with Crippen molar-refractivity contribution in [1.82, 2.24) is 0 Å². The number of anilines is 1. The van der Waals surface area contributed by atoms with Crippen LogP contribution >= 0.6 is 0 Å². The van der Waals surface area contributed by atoms with Crippen molar-refractivity contribution in [3.05, 3.63) is 33.9 Å². The zero-order valence-electron chi connectivity index (χ0n) is 11.0. The molecular formula is C12H16F2N2O4. The molecule has 0 radical (unpaired) electrons. The monoisotopic (exact) mass is 290 g/mol. The molecule has 0 spiro atoms. The number of ether oxygens (including phenoxy) is 1. The van der Waals surface area contributed by atoms with Crippen LogP contribution in [0.2, 0.25) is 0 Å². The van der Waals surface area contributed by atoms with E-state index in [1.807, 2.05) is 0 Å². The van der Waals surface area contributed by atoms with Crippen molar-refractivity contribution in [3.63, 3.8) is 0 Å². The number of non-ortho nitro benzene ring substituents is 1. The second-order valence-electron chi connectivity index (χ2n) is 4.00. The second-order valence-corrected chi connectivity index (χ2v) is 4.00. The molecule has 0 heterocycles. The van der Waals surface area contributed by atoms with Crippen molar-refractivity contribution in [2.75, 3.05) is 38.3 Å². The minimum absolute atomic E-state index is 0.140. The number of benzene rings is 1. The van der Waals surface area contributed by atoms with Crippen LogP contribution < -0.4 is 4.90 Å². The summed E-state index contributed by atoms with van der Waals surface area (Å²) in [6.07, 6.45) is -2.84. The average molecular weight is 290 g/mol. The maximum Gasteiger partial charge on any atom is 0.270 e. The van der Waals surface area contributed by atoms with E-state index >= 15 is 0 Å². The smallest absolute Gasteiger partial charge is 0.270 e. The molecule has 0 aromatic heterocycles. The van der Waals surface area contributed by atoms with Crippen LogP contribution in [0, 0.1) is 10.1 Å². The largest absolute Gasteiger partial charge is 0.395 e. The molecule has 0 aliphatic carbocycles. The summed E-state index contributed by atoms with van der Waals surface area (Å²) in [7, 11) is 1.47. The van der Waals surface area contributed by atoms with Gasteiger partial charge in [-0.3, -0.25) is 10.1 Å². The van der Waals surface area contributed by atoms with E-state index in [2.05, 4.69) is 0 Å². The van der Waals surface area contributed by atoms with Crippen molar-refractivity contribution < 1.29 is 23.5 Å². The predicted molar refractivity (Wildman–Crippen MR) is 69.2 cm³/mol. The number of halogens is 2. The maximum absolute atomic E-state index is 13.1. The van der Waals surface area contributed by atoms with E-state index in [9.17, 15) is 18.9 Å². The van der Waals surface area contributed by atoms with Crippen molar-refractivity contribution >= 4 is 11.4 Å². The Labute approximate surface area is 114 Å². The van der Waals surface area contributed by atoms with Crippen LogP contribution in [0.4, 0.5) is 20.2 Å². The summed E-state index contributed by atoms with van der Waals surface area (Å²) < 4.78 is 31.0. The molecule has 1 aromatic carbocycles. The molecule has 0 aliphatic heterocycles. The number of methoxy groups -OCH3 is 1. The van der Waals surface area contributed by atoms with Gasteiger partial charge in [-0.1, -0.05) is 0 Å². The number of hydrogen-bond acceptors (Lipinski definition) is 5. The summed E-state index contributed by atoms with van der Waals surface area (Å²) in [4.78, 5) is 11.4. The summed E-state index contributed by atoms with van der Waals surface area (Å²) in [5.74, 6) is 0. The fourth-order valence-corrected chi connectivity index (χ4v) is 1.79. The van der Waals surface area contributed by atoms with Gasteiger partial charge in [-0.25, -0.2) is 8.78 Å². The lowest BCUT2D eigenvalue weighted by Crippen LogP contribution is -2.31. The van der Waals surface area contributed by atoms with Gasteiger partial charge in [0.15, 0.2) is 0 Å². The summed E-state index contributed by atoms with van der Waals surface area (Å²) in [6.45, 7) is 0.512. The van der Waals surface area contributed by atoms with E-state index in [4.69, 9.17) is 9.84 Å². The third-order valence-electron chi connectivity index (χ3n) is 2.73. The highest BCUT2D eigenvalue weighted by atomic mass is 19.3. The quantitative estimate of drug-likeness (QED) is 0.585. The Morgan fingerprint density at radius 3 is 2.65 bits per heavy atom. The molecule has 1 rings (SSSR count). The van der Waals surface area contributed by atoms with E-state index in [1.165, 1.54) is 24.1 Å². The first-order valence-electron chi connectivity index (χ1n) is 5.92. The van der Waals surface area contributed by atoms with Crippen molar-refractivity contribution in [2.45, 2.75) is 6.43 Å². The molecule has 1 N–H and O–H groups in total. The zero-order chi connectivity index (χ0) is 15.1. The van der Waals surface area contributed by atoms with Gasteiger partial charge in [0.05, 0.1) is 18.1 Å². The average Bonchev–Trinajstić information content (AvgIpc) is 2.42. The van der Waals surface area contributed by atoms with Gasteiger partial charge in [-0.05, 0) is 6.07 Å². The Morgan fingerprint density at radius 1 is 1.45 bits per heavy atom. The lowest BCUT2D eigenvalue weighted by Gasteiger charge is -2.25. The number of rotatable bonds is 8. The van der Waals surface area contributed by atoms with Crippen LogP contribution in [0.3, 0.4) is 0 Å². The normalized spacial score (nSPS) is 10.8. The van der Waals surface area contributed by atoms with E-state index < -0.39 is 16.9 Å². The van der Waals surface area contributed by atoms with E-state index in [-0.39, 0.29) is 24.5 Å². The first kappa shape index (κ1) is 16.3. The molecule has 8 heteroatoms. The molecule has 6 nitrogen and oxygen atoms in total. The van der Waals surface area contributed by atoms with Crippen molar-refractivity contribution in [2.24, 2.45) is 0 Å². The topological polar surface area (TPSA) is 75.8 Å². The van der Waals surface area contributed by atoms with E-state index in [1.54, 1.807) is 0 Å². The number of nitro groups is 1. The Bertz CT molecular complexity index is 457. The van der Waals surface area contributed by atoms with Crippen LogP contribution in [0.25, 0.3) is 0 Å². The summed E-state index contributed by atoms with van der Waals surface area (Å²) in [5, 5.41) is 19.6. The molecule has 0 saturated heterocycles. The SMILES string of the molecule is COCCN(CCO)c1ccc([N+](=O)[O-])cc1C(F)F. The fourth-order valence-electron chi connectivity index (χ4n) is 1.79. The van der Waals surface area contributed by atoms with Gasteiger partial charge in [0.1, 0.15) is 0 Å². The van der Waals surface area contributed by atoms with Gasteiger partial charge in [0.2, 0.25) is 0 Å². The summed E-state index contributed by atoms with van der Waals surface area (Å²) >= 11 is 0. The van der Waals surface area contributed by atoms with Gasteiger partial charge in [0, 0.05) is 43.6 Å². The third-order valence-corrected chi connectivity index (χ3v) is 2.73.